The third kappa shape index (κ3) is 5.89. The molecule has 3 aromatic carbocycles. The molecular formula is C28H31N3O2. The number of rotatable bonds is 10. The van der Waals surface area contributed by atoms with Crippen LogP contribution < -0.4 is 4.74 Å². The van der Waals surface area contributed by atoms with Gasteiger partial charge in [0, 0.05) is 19.6 Å². The van der Waals surface area contributed by atoms with Gasteiger partial charge in [-0.3, -0.25) is 4.90 Å². The predicted octanol–water partition coefficient (Wildman–Crippen LogP) is 5.61. The number of aromatic nitrogens is 2. The Morgan fingerprint density at radius 2 is 1.48 bits per heavy atom. The van der Waals surface area contributed by atoms with Crippen molar-refractivity contribution in [1.29, 1.82) is 0 Å². The van der Waals surface area contributed by atoms with E-state index in [4.69, 9.17) is 9.84 Å². The number of hydrogen-bond acceptors (Lipinski definition) is 4. The second-order valence-electron chi connectivity index (χ2n) is 8.25. The smallest absolute Gasteiger partial charge is 0.227 e. The van der Waals surface area contributed by atoms with E-state index in [2.05, 4.69) is 24.0 Å². The number of nitrogens with zero attached hydrogens (tertiary/aromatic N) is 3. The van der Waals surface area contributed by atoms with Gasteiger partial charge in [-0.25, -0.2) is 4.68 Å². The molecule has 5 nitrogen and oxygen atoms in total. The molecule has 170 valence electrons. The topological polar surface area (TPSA) is 50.5 Å². The summed E-state index contributed by atoms with van der Waals surface area (Å²) in [7, 11) is 0. The lowest BCUT2D eigenvalue weighted by Crippen LogP contribution is -2.30. The van der Waals surface area contributed by atoms with Crippen LogP contribution in [0.1, 0.15) is 30.7 Å². The highest BCUT2D eigenvalue weighted by molar-refractivity contribution is 5.43. The van der Waals surface area contributed by atoms with Gasteiger partial charge in [0.15, 0.2) is 0 Å². The van der Waals surface area contributed by atoms with Crippen LogP contribution in [0.3, 0.4) is 0 Å². The molecule has 0 unspecified atom stereocenters. The van der Waals surface area contributed by atoms with Gasteiger partial charge < -0.3 is 9.84 Å². The molecule has 1 atom stereocenters. The van der Waals surface area contributed by atoms with Crippen molar-refractivity contribution in [3.05, 3.63) is 108 Å². The Bertz CT molecular complexity index is 1130. The molecule has 0 aliphatic rings. The van der Waals surface area contributed by atoms with Crippen molar-refractivity contribution >= 4 is 0 Å². The van der Waals surface area contributed by atoms with Crippen molar-refractivity contribution in [1.82, 2.24) is 14.7 Å². The summed E-state index contributed by atoms with van der Waals surface area (Å²) < 4.78 is 8.34. The summed E-state index contributed by atoms with van der Waals surface area (Å²) in [6.45, 7) is 5.85. The SMILES string of the molecule is CCc1nn(-c2ccccc2)c(Oc2ccccc2)c1CN(Cc1ccccc1)C[C@H](C)O. The summed E-state index contributed by atoms with van der Waals surface area (Å²) >= 11 is 0. The van der Waals surface area contributed by atoms with Gasteiger partial charge in [0.2, 0.25) is 5.88 Å². The molecule has 0 radical (unpaired) electrons. The van der Waals surface area contributed by atoms with Crippen molar-refractivity contribution in [2.24, 2.45) is 0 Å². The van der Waals surface area contributed by atoms with E-state index in [-0.39, 0.29) is 0 Å². The molecule has 5 heteroatoms. The highest BCUT2D eigenvalue weighted by Gasteiger charge is 2.23. The van der Waals surface area contributed by atoms with Crippen LogP contribution in [0.5, 0.6) is 11.6 Å². The Balaban J connectivity index is 1.75. The number of aliphatic hydroxyl groups excluding tert-OH is 1. The van der Waals surface area contributed by atoms with Crippen LogP contribution in [-0.2, 0) is 19.5 Å². The van der Waals surface area contributed by atoms with E-state index in [9.17, 15) is 5.11 Å². The number of hydrogen-bond donors (Lipinski definition) is 1. The molecule has 0 bridgehead atoms. The Morgan fingerprint density at radius 3 is 2.09 bits per heavy atom. The van der Waals surface area contributed by atoms with Gasteiger partial charge in [0.1, 0.15) is 5.75 Å². The van der Waals surface area contributed by atoms with Crippen LogP contribution >= 0.6 is 0 Å². The van der Waals surface area contributed by atoms with E-state index in [0.717, 1.165) is 35.7 Å². The van der Waals surface area contributed by atoms with Crippen molar-refractivity contribution in [3.8, 4) is 17.3 Å². The molecule has 0 amide bonds. The van der Waals surface area contributed by atoms with Gasteiger partial charge >= 0.3 is 0 Å². The predicted molar refractivity (Wildman–Crippen MR) is 132 cm³/mol. The third-order valence-electron chi connectivity index (χ3n) is 5.47. The minimum Gasteiger partial charge on any atom is -0.439 e. The maximum atomic E-state index is 10.2. The van der Waals surface area contributed by atoms with Crippen LogP contribution in [-0.4, -0.2) is 32.4 Å². The highest BCUT2D eigenvalue weighted by atomic mass is 16.5. The van der Waals surface area contributed by atoms with Crippen molar-refractivity contribution < 1.29 is 9.84 Å². The zero-order chi connectivity index (χ0) is 23.0. The Labute approximate surface area is 195 Å². The fourth-order valence-corrected chi connectivity index (χ4v) is 3.99. The van der Waals surface area contributed by atoms with Crippen LogP contribution in [0.4, 0.5) is 0 Å². The van der Waals surface area contributed by atoms with Crippen molar-refractivity contribution in [3.63, 3.8) is 0 Å². The molecule has 0 saturated carbocycles. The number of aryl methyl sites for hydroxylation is 1. The molecule has 4 rings (SSSR count). The zero-order valence-corrected chi connectivity index (χ0v) is 19.3. The summed E-state index contributed by atoms with van der Waals surface area (Å²) in [5.41, 5.74) is 4.20. The molecule has 0 fully saturated rings. The first-order chi connectivity index (χ1) is 16.1. The van der Waals surface area contributed by atoms with E-state index in [1.165, 1.54) is 5.56 Å². The first-order valence-corrected chi connectivity index (χ1v) is 11.5. The second kappa shape index (κ2) is 10.9. The molecule has 1 N–H and O–H groups in total. The van der Waals surface area contributed by atoms with Crippen molar-refractivity contribution in [2.75, 3.05) is 6.54 Å². The molecule has 0 saturated heterocycles. The van der Waals surface area contributed by atoms with Gasteiger partial charge in [-0.05, 0) is 43.2 Å². The molecule has 0 aliphatic heterocycles. The van der Waals surface area contributed by atoms with E-state index in [1.807, 2.05) is 90.5 Å². The number of ether oxygens (including phenoxy) is 1. The lowest BCUT2D eigenvalue weighted by atomic mass is 10.1. The first kappa shape index (κ1) is 22.8. The van der Waals surface area contributed by atoms with Crippen LogP contribution in [0.15, 0.2) is 91.0 Å². The van der Waals surface area contributed by atoms with Gasteiger partial charge in [0.25, 0.3) is 0 Å². The Hall–Kier alpha value is -3.41. The third-order valence-corrected chi connectivity index (χ3v) is 5.47. The average molecular weight is 442 g/mol. The minimum absolute atomic E-state index is 0.443. The molecule has 1 heterocycles. The van der Waals surface area contributed by atoms with Crippen LogP contribution in [0.2, 0.25) is 0 Å². The van der Waals surface area contributed by atoms with Gasteiger partial charge in [-0.2, -0.15) is 5.10 Å². The summed E-state index contributed by atoms with van der Waals surface area (Å²) in [4.78, 5) is 2.25. The van der Waals surface area contributed by atoms with Crippen LogP contribution in [0, 0.1) is 0 Å². The number of benzene rings is 3. The summed E-state index contributed by atoms with van der Waals surface area (Å²) in [6, 6.07) is 30.2. The fraction of sp³-hybridized carbons (Fsp3) is 0.250. The summed E-state index contributed by atoms with van der Waals surface area (Å²) in [5, 5.41) is 15.1. The molecule has 4 aromatic rings. The Morgan fingerprint density at radius 1 is 0.879 bits per heavy atom. The van der Waals surface area contributed by atoms with Crippen LogP contribution in [0.25, 0.3) is 5.69 Å². The zero-order valence-electron chi connectivity index (χ0n) is 19.3. The van der Waals surface area contributed by atoms with Gasteiger partial charge in [-0.1, -0.05) is 73.7 Å². The molecule has 0 spiro atoms. The molecule has 1 aromatic heterocycles. The summed E-state index contributed by atoms with van der Waals surface area (Å²) in [5.74, 6) is 1.48. The van der Waals surface area contributed by atoms with E-state index >= 15 is 0 Å². The van der Waals surface area contributed by atoms with E-state index in [1.54, 1.807) is 0 Å². The first-order valence-electron chi connectivity index (χ1n) is 11.5. The van der Waals surface area contributed by atoms with E-state index in [0.29, 0.717) is 19.0 Å². The quantitative estimate of drug-likeness (QED) is 0.348. The number of para-hydroxylation sites is 2. The van der Waals surface area contributed by atoms with E-state index < -0.39 is 6.10 Å². The van der Waals surface area contributed by atoms with Crippen molar-refractivity contribution in [2.45, 2.75) is 39.5 Å². The number of aliphatic hydroxyl groups is 1. The molecular weight excluding hydrogens is 410 g/mol. The largest absolute Gasteiger partial charge is 0.439 e. The van der Waals surface area contributed by atoms with Gasteiger partial charge in [0.05, 0.1) is 23.0 Å². The lowest BCUT2D eigenvalue weighted by Gasteiger charge is -2.24. The monoisotopic (exact) mass is 441 g/mol. The fourth-order valence-electron chi connectivity index (χ4n) is 3.99. The lowest BCUT2D eigenvalue weighted by molar-refractivity contribution is 0.117. The molecule has 0 aliphatic carbocycles. The average Bonchev–Trinajstić information content (AvgIpc) is 3.17. The highest BCUT2D eigenvalue weighted by Crippen LogP contribution is 2.32. The minimum atomic E-state index is -0.443. The maximum Gasteiger partial charge on any atom is 0.227 e. The molecule has 33 heavy (non-hydrogen) atoms. The Kier molecular flexibility index (Phi) is 7.55. The standard InChI is InChI=1S/C28H31N3O2/c1-3-27-26(21-30(19-22(2)32)20-23-13-7-4-8-14-23)28(33-25-17-11-6-12-18-25)31(29-27)24-15-9-5-10-16-24/h4-18,22,32H,3,19-21H2,1-2H3/t22-/m0/s1. The summed E-state index contributed by atoms with van der Waals surface area (Å²) in [6.07, 6.45) is 0.343. The van der Waals surface area contributed by atoms with Gasteiger partial charge in [-0.15, -0.1) is 0 Å². The normalized spacial score (nSPS) is 12.1. The second-order valence-corrected chi connectivity index (χ2v) is 8.25. The maximum absolute atomic E-state index is 10.2.